The van der Waals surface area contributed by atoms with Gasteiger partial charge >= 0.3 is 5.97 Å². The highest BCUT2D eigenvalue weighted by Crippen LogP contribution is 2.44. The Balaban J connectivity index is 1.37. The molecule has 1 unspecified atom stereocenters. The van der Waals surface area contributed by atoms with Crippen LogP contribution >= 0.6 is 7.07 Å². The molecule has 6 atom stereocenters. The minimum Gasteiger partial charge on any atom is -0.464 e. The van der Waals surface area contributed by atoms with Gasteiger partial charge < -0.3 is 34.6 Å². The summed E-state index contributed by atoms with van der Waals surface area (Å²) in [6, 6.07) is 12.2. The van der Waals surface area contributed by atoms with E-state index in [0.717, 1.165) is 10.8 Å². The van der Waals surface area contributed by atoms with Crippen LogP contribution in [0.15, 0.2) is 48.8 Å². The molecule has 47 heavy (non-hydrogen) atoms. The van der Waals surface area contributed by atoms with Crippen LogP contribution in [0.3, 0.4) is 0 Å². The third kappa shape index (κ3) is 7.35. The lowest BCUT2D eigenvalue weighted by Crippen LogP contribution is -2.41. The summed E-state index contributed by atoms with van der Waals surface area (Å²) in [5.74, 6) is 0.343. The topological polar surface area (TPSA) is 150 Å². The first-order valence-electron chi connectivity index (χ1n) is 15.1. The van der Waals surface area contributed by atoms with Crippen LogP contribution in [-0.2, 0) is 30.6 Å². The van der Waals surface area contributed by atoms with Crippen molar-refractivity contribution in [3.63, 3.8) is 0 Å². The quantitative estimate of drug-likeness (QED) is 0.130. The molecule has 0 bridgehead atoms. The lowest BCUT2D eigenvalue weighted by Gasteiger charge is -2.30. The van der Waals surface area contributed by atoms with E-state index in [4.69, 9.17) is 36.4 Å². The average molecular weight is 690 g/mol. The number of anilines is 2. The summed E-state index contributed by atoms with van der Waals surface area (Å²) in [5.41, 5.74) is 4.04. The monoisotopic (exact) mass is 689 g/mol. The van der Waals surface area contributed by atoms with Crippen molar-refractivity contribution in [3.05, 3.63) is 48.8 Å². The predicted octanol–water partition coefficient (Wildman–Crippen LogP) is 4.41. The average Bonchev–Trinajstić information content (AvgIpc) is 3.53. The molecule has 2 aromatic carbocycles. The molecule has 1 fully saturated rings. The van der Waals surface area contributed by atoms with Gasteiger partial charge in [0.15, 0.2) is 41.7 Å². The Hall–Kier alpha value is -3.46. The third-order valence-corrected chi connectivity index (χ3v) is 9.80. The van der Waals surface area contributed by atoms with Crippen molar-refractivity contribution in [2.24, 2.45) is 5.41 Å². The number of aliphatic hydroxyl groups excluding tert-OH is 1. The number of imidazole rings is 1. The largest absolute Gasteiger partial charge is 0.464 e. The number of halogens is 1. The molecule has 254 valence electrons. The van der Waals surface area contributed by atoms with Gasteiger partial charge in [0.25, 0.3) is 0 Å². The first kappa shape index (κ1) is 34.9. The smallest absolute Gasteiger partial charge is 0.327 e. The van der Waals surface area contributed by atoms with E-state index in [-0.39, 0.29) is 30.2 Å². The number of rotatable bonds is 11. The number of carbonyl (C=O) groups excluding carboxylic acids is 1. The number of hydroxylamine groups is 1. The van der Waals surface area contributed by atoms with Crippen LogP contribution in [-0.4, -0.2) is 86.7 Å². The molecule has 3 N–H and O–H groups in total. The minimum atomic E-state index is -2.54. The van der Waals surface area contributed by atoms with E-state index in [1.807, 2.05) is 57.2 Å². The fraction of sp³-hybridized carbons (Fsp3) is 0.484. The molecule has 1 aliphatic heterocycles. The number of fused-ring (bicyclic) bond motifs is 2. The second-order valence-electron chi connectivity index (χ2n) is 13.1. The zero-order chi connectivity index (χ0) is 34.3. The number of aromatic nitrogens is 4. The van der Waals surface area contributed by atoms with Crippen LogP contribution < -0.4 is 15.5 Å². The molecule has 0 radical (unpaired) electrons. The van der Waals surface area contributed by atoms with Crippen LogP contribution in [0.25, 0.3) is 21.9 Å². The second-order valence-corrected chi connectivity index (χ2v) is 15.4. The first-order valence-corrected chi connectivity index (χ1v) is 17.6. The minimum absolute atomic E-state index is 0.0262. The van der Waals surface area contributed by atoms with Gasteiger partial charge in [-0.3, -0.25) is 9.36 Å². The van der Waals surface area contributed by atoms with E-state index < -0.39 is 43.2 Å². The highest BCUT2D eigenvalue weighted by molar-refractivity contribution is 8.01. The Morgan fingerprint density at radius 3 is 2.64 bits per heavy atom. The normalized spacial score (nSPS) is 22.9. The fourth-order valence-electron chi connectivity index (χ4n) is 5.13. The van der Waals surface area contributed by atoms with Gasteiger partial charge in [-0.1, -0.05) is 73.8 Å². The standard InChI is InChI=1S/C31H41FN7O6PS/c1-18(27(41)42-16-30(2,3)4)39(45-21-14-10-12-19-11-8-9-13-20(19)21)46(47)43-15-22-24(40)31(5,32)28(44-22)38-17-34-23-25(37(6)7)35-29(33)36-26(23)38/h8-14,17-18,22,24,28,40,46H,15-16H2,1-7H3,(H2,33,35,36)/t18-,22-,24-,28-,31-/m1/s1. The number of nitrogen functional groups attached to an aromatic ring is 1. The molecule has 1 aliphatic rings. The van der Waals surface area contributed by atoms with Crippen molar-refractivity contribution in [3.8, 4) is 5.75 Å². The van der Waals surface area contributed by atoms with E-state index in [2.05, 4.69) is 15.0 Å². The number of aliphatic hydroxyl groups is 1. The van der Waals surface area contributed by atoms with Gasteiger partial charge in [0.2, 0.25) is 5.95 Å². The second kappa shape index (κ2) is 13.6. The van der Waals surface area contributed by atoms with Crippen molar-refractivity contribution in [2.45, 2.75) is 64.8 Å². The zero-order valence-electron chi connectivity index (χ0n) is 27.4. The summed E-state index contributed by atoms with van der Waals surface area (Å²) in [6.07, 6.45) is -2.69. The van der Waals surface area contributed by atoms with Crippen LogP contribution in [0.4, 0.5) is 16.2 Å². The number of ether oxygens (including phenoxy) is 2. The maximum atomic E-state index is 16.2. The van der Waals surface area contributed by atoms with Crippen molar-refractivity contribution in [1.29, 1.82) is 0 Å². The van der Waals surface area contributed by atoms with E-state index >= 15 is 4.39 Å². The number of nitrogens with zero attached hydrogens (tertiary/aromatic N) is 6. The lowest BCUT2D eigenvalue weighted by molar-refractivity contribution is -0.157. The molecular weight excluding hydrogens is 648 g/mol. The highest BCUT2D eigenvalue weighted by atomic mass is 32.4. The molecule has 4 aromatic rings. The van der Waals surface area contributed by atoms with E-state index in [1.165, 1.54) is 22.7 Å². The molecule has 0 saturated carbocycles. The van der Waals surface area contributed by atoms with Gasteiger partial charge in [-0.25, -0.2) is 9.37 Å². The molecule has 0 aliphatic carbocycles. The Morgan fingerprint density at radius 2 is 1.94 bits per heavy atom. The van der Waals surface area contributed by atoms with Crippen LogP contribution in [0.1, 0.15) is 40.8 Å². The predicted molar refractivity (Wildman–Crippen MR) is 181 cm³/mol. The molecule has 16 heteroatoms. The summed E-state index contributed by atoms with van der Waals surface area (Å²) in [4.78, 5) is 35.4. The maximum absolute atomic E-state index is 16.2. The lowest BCUT2D eigenvalue weighted by atomic mass is 9.98. The molecule has 5 rings (SSSR count). The van der Waals surface area contributed by atoms with Crippen LogP contribution in [0, 0.1) is 5.41 Å². The number of hydrogen-bond acceptors (Lipinski definition) is 12. The molecule has 0 amide bonds. The SMILES string of the molecule is C[C@H](C(=O)OCC(C)(C)C)N(Oc1cccc2ccccc12)[PH](=S)OC[C@H]1O[C@@H](n2cnc3c(N(C)C)nc(N)nc32)[C@](C)(F)[C@@H]1O. The zero-order valence-corrected chi connectivity index (χ0v) is 29.2. The maximum Gasteiger partial charge on any atom is 0.327 e. The Kier molecular flexibility index (Phi) is 10.1. The first-order chi connectivity index (χ1) is 22.1. The van der Waals surface area contributed by atoms with E-state index in [0.29, 0.717) is 17.1 Å². The summed E-state index contributed by atoms with van der Waals surface area (Å²) < 4.78 is 35.3. The Labute approximate surface area is 278 Å². The third-order valence-electron chi connectivity index (χ3n) is 7.65. The van der Waals surface area contributed by atoms with Gasteiger partial charge in [0.1, 0.15) is 18.2 Å². The summed E-state index contributed by atoms with van der Waals surface area (Å²) in [5, 5.41) is 12.8. The van der Waals surface area contributed by atoms with Crippen molar-refractivity contribution >= 4 is 58.6 Å². The van der Waals surface area contributed by atoms with Gasteiger partial charge in [-0.2, -0.15) is 9.97 Å². The van der Waals surface area contributed by atoms with Crippen molar-refractivity contribution in [1.82, 2.24) is 24.4 Å². The van der Waals surface area contributed by atoms with Gasteiger partial charge in [-0.15, -0.1) is 0 Å². The van der Waals surface area contributed by atoms with Gasteiger partial charge in [0, 0.05) is 19.5 Å². The molecule has 0 spiro atoms. The number of nitrogens with two attached hydrogens (primary N) is 1. The van der Waals surface area contributed by atoms with E-state index in [1.54, 1.807) is 32.0 Å². The molecule has 2 aromatic heterocycles. The van der Waals surface area contributed by atoms with Crippen LogP contribution in [0.2, 0.25) is 0 Å². The summed E-state index contributed by atoms with van der Waals surface area (Å²) >= 11 is 5.78. The Bertz CT molecular complexity index is 1780. The number of esters is 1. The molecule has 3 heterocycles. The van der Waals surface area contributed by atoms with Gasteiger partial charge in [0.05, 0.1) is 19.5 Å². The summed E-state index contributed by atoms with van der Waals surface area (Å²) in [7, 11) is 1.00. The number of benzene rings is 2. The highest BCUT2D eigenvalue weighted by Gasteiger charge is 2.55. The summed E-state index contributed by atoms with van der Waals surface area (Å²) in [6.45, 7) is 8.60. The van der Waals surface area contributed by atoms with E-state index in [9.17, 15) is 9.90 Å². The van der Waals surface area contributed by atoms with Gasteiger partial charge in [-0.05, 0) is 30.7 Å². The van der Waals surface area contributed by atoms with Crippen molar-refractivity contribution < 1.29 is 33.1 Å². The number of hydrogen-bond donors (Lipinski definition) is 2. The van der Waals surface area contributed by atoms with Crippen LogP contribution in [0.5, 0.6) is 5.75 Å². The number of alkyl halides is 1. The molecule has 13 nitrogen and oxygen atoms in total. The fourth-order valence-corrected chi connectivity index (χ4v) is 6.95. The molecule has 1 saturated heterocycles. The molecular formula is C31H41FN7O6PS. The number of carbonyl (C=O) groups is 1. The Morgan fingerprint density at radius 1 is 1.23 bits per heavy atom. The van der Waals surface area contributed by atoms with Crippen molar-refractivity contribution in [2.75, 3.05) is 37.9 Å².